The number of morpholine rings is 1. The number of carboxylic acid groups (broad SMARTS) is 1. The number of nitrogens with zero attached hydrogens (tertiary/aromatic N) is 1. The lowest BCUT2D eigenvalue weighted by Crippen LogP contribution is -2.46. The number of nitrogens with two attached hydrogens (primary N) is 1. The van der Waals surface area contributed by atoms with E-state index in [1.54, 1.807) is 4.90 Å². The standard InChI is InChI=1S/C12H22N2O4/c1-9(13)3-2-4-11(15)14-5-6-18-10(8-14)7-12(16)17/h9-10H,2-8,13H2,1H3,(H,16,17). The Hall–Kier alpha value is -1.14. The fraction of sp³-hybridized carbons (Fsp3) is 0.833. The Kier molecular flexibility index (Phi) is 6.07. The number of carboxylic acids is 1. The van der Waals surface area contributed by atoms with Crippen molar-refractivity contribution >= 4 is 11.9 Å². The van der Waals surface area contributed by atoms with Crippen molar-refractivity contribution < 1.29 is 19.4 Å². The van der Waals surface area contributed by atoms with Gasteiger partial charge in [0.05, 0.1) is 19.1 Å². The minimum Gasteiger partial charge on any atom is -0.481 e. The molecule has 1 heterocycles. The zero-order valence-electron chi connectivity index (χ0n) is 10.8. The van der Waals surface area contributed by atoms with Crippen molar-refractivity contribution in [1.82, 2.24) is 4.90 Å². The third-order valence-electron chi connectivity index (χ3n) is 2.94. The molecule has 0 aromatic rings. The molecule has 2 unspecified atom stereocenters. The summed E-state index contributed by atoms with van der Waals surface area (Å²) in [6.45, 7) is 3.26. The Balaban J connectivity index is 2.31. The van der Waals surface area contributed by atoms with Crippen LogP contribution in [0.3, 0.4) is 0 Å². The number of aliphatic carboxylic acids is 1. The molecule has 1 aliphatic heterocycles. The van der Waals surface area contributed by atoms with E-state index < -0.39 is 5.97 Å². The van der Waals surface area contributed by atoms with E-state index in [1.807, 2.05) is 6.92 Å². The maximum atomic E-state index is 11.9. The van der Waals surface area contributed by atoms with Crippen LogP contribution in [0.2, 0.25) is 0 Å². The SMILES string of the molecule is CC(N)CCCC(=O)N1CCOC(CC(=O)O)C1. The first-order chi connectivity index (χ1) is 8.49. The molecule has 0 spiro atoms. The molecule has 0 aromatic heterocycles. The van der Waals surface area contributed by atoms with Gasteiger partial charge >= 0.3 is 5.97 Å². The summed E-state index contributed by atoms with van der Waals surface area (Å²) in [7, 11) is 0. The van der Waals surface area contributed by atoms with Crippen LogP contribution in [0, 0.1) is 0 Å². The van der Waals surface area contributed by atoms with E-state index in [0.29, 0.717) is 26.1 Å². The summed E-state index contributed by atoms with van der Waals surface area (Å²) < 4.78 is 5.32. The van der Waals surface area contributed by atoms with Crippen LogP contribution in [0.15, 0.2) is 0 Å². The van der Waals surface area contributed by atoms with Crippen LogP contribution < -0.4 is 5.73 Å². The van der Waals surface area contributed by atoms with Crippen LogP contribution in [0.1, 0.15) is 32.6 Å². The Morgan fingerprint density at radius 2 is 2.28 bits per heavy atom. The molecule has 1 fully saturated rings. The summed E-state index contributed by atoms with van der Waals surface area (Å²) in [6.07, 6.45) is 1.64. The number of hydrogen-bond donors (Lipinski definition) is 2. The van der Waals surface area contributed by atoms with Gasteiger partial charge in [-0.2, -0.15) is 0 Å². The quantitative estimate of drug-likeness (QED) is 0.710. The Morgan fingerprint density at radius 1 is 1.56 bits per heavy atom. The molecule has 0 radical (unpaired) electrons. The summed E-state index contributed by atoms with van der Waals surface area (Å²) in [6, 6.07) is 0.113. The van der Waals surface area contributed by atoms with Gasteiger partial charge in [-0.05, 0) is 19.8 Å². The first-order valence-corrected chi connectivity index (χ1v) is 6.35. The minimum atomic E-state index is -0.897. The molecule has 1 aliphatic rings. The lowest BCUT2D eigenvalue weighted by molar-refractivity contribution is -0.147. The van der Waals surface area contributed by atoms with Crippen LogP contribution in [0.5, 0.6) is 0 Å². The zero-order chi connectivity index (χ0) is 13.5. The molecule has 0 aliphatic carbocycles. The van der Waals surface area contributed by atoms with E-state index in [2.05, 4.69) is 0 Å². The molecule has 18 heavy (non-hydrogen) atoms. The van der Waals surface area contributed by atoms with Gasteiger partial charge in [-0.1, -0.05) is 0 Å². The average molecular weight is 258 g/mol. The predicted octanol–water partition coefficient (Wildman–Crippen LogP) is 0.206. The maximum absolute atomic E-state index is 11.9. The molecule has 0 aromatic carbocycles. The summed E-state index contributed by atoms with van der Waals surface area (Å²) in [4.78, 5) is 24.2. The molecule has 0 saturated carbocycles. The molecule has 1 rings (SSSR count). The molecule has 6 nitrogen and oxygen atoms in total. The van der Waals surface area contributed by atoms with Gasteiger partial charge in [0.15, 0.2) is 0 Å². The molecule has 104 valence electrons. The third-order valence-corrected chi connectivity index (χ3v) is 2.94. The van der Waals surface area contributed by atoms with E-state index in [-0.39, 0.29) is 24.5 Å². The van der Waals surface area contributed by atoms with E-state index in [9.17, 15) is 9.59 Å². The number of carbonyl (C=O) groups excluding carboxylic acids is 1. The van der Waals surface area contributed by atoms with Crippen molar-refractivity contribution in [1.29, 1.82) is 0 Å². The first kappa shape index (κ1) is 14.9. The second-order valence-electron chi connectivity index (χ2n) is 4.80. The Morgan fingerprint density at radius 3 is 2.89 bits per heavy atom. The van der Waals surface area contributed by atoms with Crippen molar-refractivity contribution in [2.45, 2.75) is 44.8 Å². The highest BCUT2D eigenvalue weighted by Crippen LogP contribution is 2.11. The van der Waals surface area contributed by atoms with Gasteiger partial charge in [-0.3, -0.25) is 9.59 Å². The fourth-order valence-electron chi connectivity index (χ4n) is 2.00. The molecule has 1 saturated heterocycles. The predicted molar refractivity (Wildman–Crippen MR) is 66.1 cm³/mol. The second kappa shape index (κ2) is 7.33. The van der Waals surface area contributed by atoms with Gasteiger partial charge in [-0.25, -0.2) is 0 Å². The topological polar surface area (TPSA) is 92.9 Å². The van der Waals surface area contributed by atoms with E-state index in [0.717, 1.165) is 12.8 Å². The maximum Gasteiger partial charge on any atom is 0.306 e. The van der Waals surface area contributed by atoms with Crippen molar-refractivity contribution in [2.24, 2.45) is 5.73 Å². The molecular weight excluding hydrogens is 236 g/mol. The smallest absolute Gasteiger partial charge is 0.306 e. The van der Waals surface area contributed by atoms with Crippen LogP contribution in [0.4, 0.5) is 0 Å². The van der Waals surface area contributed by atoms with Crippen LogP contribution in [-0.4, -0.2) is 53.7 Å². The largest absolute Gasteiger partial charge is 0.481 e. The molecule has 3 N–H and O–H groups in total. The highest BCUT2D eigenvalue weighted by Gasteiger charge is 2.25. The highest BCUT2D eigenvalue weighted by molar-refractivity contribution is 5.76. The molecule has 2 atom stereocenters. The third kappa shape index (κ3) is 5.46. The van der Waals surface area contributed by atoms with Gasteiger partial charge in [0.2, 0.25) is 5.91 Å². The zero-order valence-corrected chi connectivity index (χ0v) is 10.8. The fourth-order valence-corrected chi connectivity index (χ4v) is 2.00. The number of hydrogen-bond acceptors (Lipinski definition) is 4. The van der Waals surface area contributed by atoms with Crippen molar-refractivity contribution in [3.63, 3.8) is 0 Å². The van der Waals surface area contributed by atoms with Crippen LogP contribution in [-0.2, 0) is 14.3 Å². The van der Waals surface area contributed by atoms with Gasteiger partial charge in [0.1, 0.15) is 0 Å². The highest BCUT2D eigenvalue weighted by atomic mass is 16.5. The Labute approximate surface area is 107 Å². The lowest BCUT2D eigenvalue weighted by Gasteiger charge is -2.32. The lowest BCUT2D eigenvalue weighted by atomic mass is 10.1. The average Bonchev–Trinajstić information content (AvgIpc) is 2.27. The second-order valence-corrected chi connectivity index (χ2v) is 4.80. The summed E-state index contributed by atoms with van der Waals surface area (Å²) in [5.41, 5.74) is 5.62. The number of carbonyl (C=O) groups is 2. The van der Waals surface area contributed by atoms with Crippen LogP contribution >= 0.6 is 0 Å². The van der Waals surface area contributed by atoms with Gasteiger partial charge in [0.25, 0.3) is 0 Å². The number of amides is 1. The van der Waals surface area contributed by atoms with Crippen molar-refractivity contribution in [2.75, 3.05) is 19.7 Å². The monoisotopic (exact) mass is 258 g/mol. The van der Waals surface area contributed by atoms with E-state index >= 15 is 0 Å². The van der Waals surface area contributed by atoms with Crippen molar-refractivity contribution in [3.05, 3.63) is 0 Å². The molecule has 1 amide bonds. The number of rotatable bonds is 6. The van der Waals surface area contributed by atoms with Gasteiger partial charge in [-0.15, -0.1) is 0 Å². The summed E-state index contributed by atoms with van der Waals surface area (Å²) in [5, 5.41) is 8.70. The number of ether oxygens (including phenoxy) is 1. The molecular formula is C12H22N2O4. The first-order valence-electron chi connectivity index (χ1n) is 6.35. The molecule has 6 heteroatoms. The summed E-state index contributed by atoms with van der Waals surface area (Å²) in [5.74, 6) is -0.833. The summed E-state index contributed by atoms with van der Waals surface area (Å²) >= 11 is 0. The minimum absolute atomic E-state index is 0.0520. The normalized spacial score (nSPS) is 21.7. The van der Waals surface area contributed by atoms with Crippen molar-refractivity contribution in [3.8, 4) is 0 Å². The van der Waals surface area contributed by atoms with Gasteiger partial charge < -0.3 is 20.5 Å². The Bertz CT molecular complexity index is 294. The van der Waals surface area contributed by atoms with E-state index in [4.69, 9.17) is 15.6 Å². The van der Waals surface area contributed by atoms with Gasteiger partial charge in [0, 0.05) is 25.6 Å². The molecule has 0 bridgehead atoms. The van der Waals surface area contributed by atoms with E-state index in [1.165, 1.54) is 0 Å². The van der Waals surface area contributed by atoms with Crippen LogP contribution in [0.25, 0.3) is 0 Å².